The molecule has 0 atom stereocenters. The van der Waals surface area contributed by atoms with E-state index in [4.69, 9.17) is 0 Å². The van der Waals surface area contributed by atoms with E-state index in [1.54, 1.807) is 0 Å². The average Bonchev–Trinajstić information content (AvgIpc) is 2.61. The Hall–Kier alpha value is -2.55. The summed E-state index contributed by atoms with van der Waals surface area (Å²) in [6.45, 7) is 0.382. The minimum absolute atomic E-state index is 0.0830. The summed E-state index contributed by atoms with van der Waals surface area (Å²) in [7, 11) is -3.36. The number of carbonyl (C=O) groups excluding carboxylic acids is 1. The predicted molar refractivity (Wildman–Crippen MR) is 96.2 cm³/mol. The van der Waals surface area contributed by atoms with Crippen molar-refractivity contribution in [3.8, 4) is 0 Å². The lowest BCUT2D eigenvalue weighted by molar-refractivity contribution is -0.137. The van der Waals surface area contributed by atoms with Gasteiger partial charge in [-0.2, -0.15) is 13.2 Å². The number of carbonyl (C=O) groups is 1. The second-order valence-electron chi connectivity index (χ2n) is 6.14. The second-order valence-corrected chi connectivity index (χ2v) is 8.15. The number of nitrogens with zero attached hydrogens (tertiary/aromatic N) is 1. The molecule has 0 aromatic heterocycles. The van der Waals surface area contributed by atoms with Crippen LogP contribution >= 0.6 is 0 Å². The van der Waals surface area contributed by atoms with Crippen molar-refractivity contribution in [1.82, 2.24) is 0 Å². The van der Waals surface area contributed by atoms with Gasteiger partial charge in [-0.15, -0.1) is 0 Å². The summed E-state index contributed by atoms with van der Waals surface area (Å²) in [4.78, 5) is 12.3. The van der Waals surface area contributed by atoms with Gasteiger partial charge in [0.2, 0.25) is 10.0 Å². The standard InChI is InChI=1S/C18H17F3N2O3S/c19-18(20,21)16-6-2-1-5-15(16)17(24)22-13-7-9-14(10-8-13)23-11-3-4-12-27(23,25)26/h1-2,5-10H,3-4,11-12H2,(H,22,24). The van der Waals surface area contributed by atoms with Gasteiger partial charge >= 0.3 is 6.18 Å². The molecular formula is C18H17F3N2O3S. The summed E-state index contributed by atoms with van der Waals surface area (Å²) in [5.74, 6) is -0.805. The van der Waals surface area contributed by atoms with Gasteiger partial charge in [-0.05, 0) is 49.2 Å². The lowest BCUT2D eigenvalue weighted by Crippen LogP contribution is -2.37. The molecule has 0 unspecified atom stereocenters. The SMILES string of the molecule is O=C(Nc1ccc(N2CCCCS2(=O)=O)cc1)c1ccccc1C(F)(F)F. The van der Waals surface area contributed by atoms with E-state index in [1.165, 1.54) is 40.7 Å². The Labute approximate surface area is 154 Å². The summed E-state index contributed by atoms with van der Waals surface area (Å²) >= 11 is 0. The zero-order valence-corrected chi connectivity index (χ0v) is 15.0. The molecule has 0 radical (unpaired) electrons. The van der Waals surface area contributed by atoms with Crippen LogP contribution in [0.3, 0.4) is 0 Å². The number of benzene rings is 2. The number of sulfonamides is 1. The molecule has 1 heterocycles. The van der Waals surface area contributed by atoms with Crippen molar-refractivity contribution >= 4 is 27.3 Å². The number of hydrogen-bond donors (Lipinski definition) is 1. The number of rotatable bonds is 3. The topological polar surface area (TPSA) is 66.5 Å². The maximum Gasteiger partial charge on any atom is 0.417 e. The van der Waals surface area contributed by atoms with Gasteiger partial charge in [0.05, 0.1) is 22.6 Å². The summed E-state index contributed by atoms with van der Waals surface area (Å²) in [6, 6.07) is 10.5. The first-order valence-corrected chi connectivity index (χ1v) is 9.87. The molecule has 0 spiro atoms. The largest absolute Gasteiger partial charge is 0.417 e. The van der Waals surface area contributed by atoms with Crippen LogP contribution in [0.4, 0.5) is 24.5 Å². The maximum atomic E-state index is 13.0. The second kappa shape index (κ2) is 7.22. The molecule has 1 fully saturated rings. The highest BCUT2D eigenvalue weighted by Gasteiger charge is 2.34. The fourth-order valence-corrected chi connectivity index (χ4v) is 4.56. The van der Waals surface area contributed by atoms with Gasteiger partial charge in [0.1, 0.15) is 0 Å². The number of halogens is 3. The molecule has 3 rings (SSSR count). The lowest BCUT2D eigenvalue weighted by atomic mass is 10.1. The summed E-state index contributed by atoms with van der Waals surface area (Å²) in [6.07, 6.45) is -3.27. The lowest BCUT2D eigenvalue weighted by Gasteiger charge is -2.28. The highest BCUT2D eigenvalue weighted by Crippen LogP contribution is 2.32. The first-order chi connectivity index (χ1) is 12.7. The van der Waals surface area contributed by atoms with Gasteiger partial charge in [-0.25, -0.2) is 8.42 Å². The van der Waals surface area contributed by atoms with Crippen LogP contribution in [0, 0.1) is 0 Å². The van der Waals surface area contributed by atoms with E-state index in [-0.39, 0.29) is 11.4 Å². The third-order valence-electron chi connectivity index (χ3n) is 4.24. The Kier molecular flexibility index (Phi) is 5.14. The fourth-order valence-electron chi connectivity index (χ4n) is 2.92. The quantitative estimate of drug-likeness (QED) is 0.853. The molecular weight excluding hydrogens is 381 g/mol. The van der Waals surface area contributed by atoms with E-state index in [0.717, 1.165) is 18.6 Å². The molecule has 2 aromatic rings. The van der Waals surface area contributed by atoms with Crippen LogP contribution in [-0.4, -0.2) is 26.6 Å². The predicted octanol–water partition coefficient (Wildman–Crippen LogP) is 3.89. The monoisotopic (exact) mass is 398 g/mol. The first-order valence-electron chi connectivity index (χ1n) is 8.26. The number of anilines is 2. The van der Waals surface area contributed by atoms with Crippen molar-refractivity contribution < 1.29 is 26.4 Å². The van der Waals surface area contributed by atoms with E-state index >= 15 is 0 Å². The average molecular weight is 398 g/mol. The van der Waals surface area contributed by atoms with Crippen LogP contribution in [0.5, 0.6) is 0 Å². The Morgan fingerprint density at radius 3 is 2.30 bits per heavy atom. The molecule has 0 bridgehead atoms. The summed E-state index contributed by atoms with van der Waals surface area (Å²) in [5.41, 5.74) is -0.759. The molecule has 1 saturated heterocycles. The Bertz CT molecular complexity index is 941. The van der Waals surface area contributed by atoms with E-state index in [1.807, 2.05) is 0 Å². The summed E-state index contributed by atoms with van der Waals surface area (Å²) in [5, 5.41) is 2.41. The highest BCUT2D eigenvalue weighted by molar-refractivity contribution is 7.92. The van der Waals surface area contributed by atoms with Crippen molar-refractivity contribution in [3.63, 3.8) is 0 Å². The van der Waals surface area contributed by atoms with Crippen molar-refractivity contribution in [2.24, 2.45) is 0 Å². The zero-order chi connectivity index (χ0) is 19.7. The van der Waals surface area contributed by atoms with Gasteiger partial charge in [0.15, 0.2) is 0 Å². The maximum absolute atomic E-state index is 13.0. The van der Waals surface area contributed by atoms with E-state index in [0.29, 0.717) is 18.7 Å². The molecule has 144 valence electrons. The van der Waals surface area contributed by atoms with E-state index in [2.05, 4.69) is 5.32 Å². The number of alkyl halides is 3. The summed E-state index contributed by atoms with van der Waals surface area (Å²) < 4.78 is 64.6. The Morgan fingerprint density at radius 1 is 1.00 bits per heavy atom. The molecule has 1 aliphatic rings. The molecule has 27 heavy (non-hydrogen) atoms. The van der Waals surface area contributed by atoms with Crippen LogP contribution in [0.2, 0.25) is 0 Å². The van der Waals surface area contributed by atoms with Crippen LogP contribution in [0.1, 0.15) is 28.8 Å². The van der Waals surface area contributed by atoms with Gasteiger partial charge < -0.3 is 5.32 Å². The van der Waals surface area contributed by atoms with Crippen molar-refractivity contribution in [2.75, 3.05) is 21.9 Å². The third kappa shape index (κ3) is 4.24. The molecule has 0 saturated carbocycles. The van der Waals surface area contributed by atoms with Gasteiger partial charge in [0.25, 0.3) is 5.91 Å². The van der Waals surface area contributed by atoms with E-state index in [9.17, 15) is 26.4 Å². The third-order valence-corrected chi connectivity index (χ3v) is 6.11. The molecule has 1 N–H and O–H groups in total. The van der Waals surface area contributed by atoms with Gasteiger partial charge in [-0.3, -0.25) is 9.10 Å². The molecule has 1 amide bonds. The van der Waals surface area contributed by atoms with Crippen LogP contribution < -0.4 is 9.62 Å². The number of hydrogen-bond acceptors (Lipinski definition) is 3. The minimum atomic E-state index is -4.64. The van der Waals surface area contributed by atoms with Gasteiger partial charge in [0, 0.05) is 12.2 Å². The highest BCUT2D eigenvalue weighted by atomic mass is 32.2. The molecule has 0 aliphatic carbocycles. The molecule has 9 heteroatoms. The Balaban J connectivity index is 1.79. The minimum Gasteiger partial charge on any atom is -0.322 e. The van der Waals surface area contributed by atoms with Crippen molar-refractivity contribution in [1.29, 1.82) is 0 Å². The zero-order valence-electron chi connectivity index (χ0n) is 14.2. The number of nitrogens with one attached hydrogen (secondary N) is 1. The van der Waals surface area contributed by atoms with Crippen molar-refractivity contribution in [2.45, 2.75) is 19.0 Å². The van der Waals surface area contributed by atoms with Gasteiger partial charge in [-0.1, -0.05) is 12.1 Å². The van der Waals surface area contributed by atoms with Crippen LogP contribution in [0.15, 0.2) is 48.5 Å². The normalized spacial score (nSPS) is 16.8. The molecule has 2 aromatic carbocycles. The molecule has 5 nitrogen and oxygen atoms in total. The van der Waals surface area contributed by atoms with Crippen LogP contribution in [0.25, 0.3) is 0 Å². The van der Waals surface area contributed by atoms with Crippen LogP contribution in [-0.2, 0) is 16.2 Å². The van der Waals surface area contributed by atoms with Crippen molar-refractivity contribution in [3.05, 3.63) is 59.7 Å². The number of amides is 1. The first kappa shape index (κ1) is 19.2. The Morgan fingerprint density at radius 2 is 1.67 bits per heavy atom. The fraction of sp³-hybridized carbons (Fsp3) is 0.278. The molecule has 1 aliphatic heterocycles. The van der Waals surface area contributed by atoms with E-state index < -0.39 is 33.2 Å². The smallest absolute Gasteiger partial charge is 0.322 e.